The lowest BCUT2D eigenvalue weighted by molar-refractivity contribution is -0.385. The van der Waals surface area contributed by atoms with E-state index in [-0.39, 0.29) is 62.4 Å². The van der Waals surface area contributed by atoms with E-state index in [0.29, 0.717) is 19.8 Å². The van der Waals surface area contributed by atoms with Crippen LogP contribution in [-0.2, 0) is 33.9 Å². The van der Waals surface area contributed by atoms with Crippen LogP contribution in [-0.4, -0.2) is 80.8 Å². The molecule has 284 valence electrons. The number of nitrogens with zero attached hydrogens (tertiary/aromatic N) is 4. The molecule has 0 aliphatic carbocycles. The molecule has 14 nitrogen and oxygen atoms in total. The number of nitriles is 1. The van der Waals surface area contributed by atoms with Crippen molar-refractivity contribution in [2.75, 3.05) is 13.1 Å². The molecule has 0 bridgehead atoms. The van der Waals surface area contributed by atoms with Crippen LogP contribution in [0.25, 0.3) is 0 Å². The van der Waals surface area contributed by atoms with Crippen molar-refractivity contribution in [2.45, 2.75) is 56.6 Å². The number of nitrogens with one attached hydrogen (secondary N) is 2. The minimum absolute atomic E-state index is 0.0133. The van der Waals surface area contributed by atoms with Crippen LogP contribution in [0.2, 0.25) is 10.0 Å². The molecule has 3 N–H and O–H groups in total. The van der Waals surface area contributed by atoms with Gasteiger partial charge in [-0.25, -0.2) is 0 Å². The second-order valence-electron chi connectivity index (χ2n) is 13.1. The molecule has 6 rings (SSSR count). The van der Waals surface area contributed by atoms with Gasteiger partial charge in [0, 0.05) is 53.5 Å². The number of carbonyl (C=O) groups excluding carboxylic acids is 4. The first-order valence-electron chi connectivity index (χ1n) is 17.1. The topological polar surface area (TPSA) is 195 Å². The average molecular weight is 806 g/mol. The van der Waals surface area contributed by atoms with Gasteiger partial charge < -0.3 is 30.3 Å². The molecule has 2 saturated heterocycles. The van der Waals surface area contributed by atoms with Gasteiger partial charge in [0.05, 0.1) is 35.6 Å². The van der Waals surface area contributed by atoms with E-state index in [1.54, 1.807) is 60.7 Å². The highest BCUT2D eigenvalue weighted by atomic mass is 35.5. The summed E-state index contributed by atoms with van der Waals surface area (Å²) < 4.78 is 6.27. The van der Waals surface area contributed by atoms with E-state index in [9.17, 15) is 39.7 Å². The predicted octanol–water partition coefficient (Wildman–Crippen LogP) is 4.63. The summed E-state index contributed by atoms with van der Waals surface area (Å²) in [5.74, 6) is -2.26. The fourth-order valence-electron chi connectivity index (χ4n) is 6.53. The van der Waals surface area contributed by atoms with Gasteiger partial charge in [-0.3, -0.25) is 29.3 Å². The first kappa shape index (κ1) is 39.2. The summed E-state index contributed by atoms with van der Waals surface area (Å²) in [6.07, 6.45) is -2.02. The Balaban J connectivity index is 1.22. The van der Waals surface area contributed by atoms with E-state index in [4.69, 9.17) is 27.9 Å². The summed E-state index contributed by atoms with van der Waals surface area (Å²) in [5, 5.41) is 38.3. The molecule has 4 aromatic rings. The molecular weight excluding hydrogens is 771 g/mol. The van der Waals surface area contributed by atoms with Crippen LogP contribution in [0.1, 0.15) is 44.1 Å². The minimum Gasteiger partial charge on any atom is -0.487 e. The second kappa shape index (κ2) is 17.3. The number of thiophene rings is 1. The van der Waals surface area contributed by atoms with E-state index in [2.05, 4.69) is 10.6 Å². The molecule has 55 heavy (non-hydrogen) atoms. The first-order valence-corrected chi connectivity index (χ1v) is 18.7. The number of carbonyl (C=O) groups is 4. The number of benzene rings is 3. The van der Waals surface area contributed by atoms with E-state index in [1.807, 2.05) is 6.07 Å². The van der Waals surface area contributed by atoms with Crippen molar-refractivity contribution in [3.8, 4) is 11.8 Å². The lowest BCUT2D eigenvalue weighted by Gasteiger charge is -2.25. The maximum atomic E-state index is 14.1. The fraction of sp³-hybridized carbons (Fsp3) is 0.289. The van der Waals surface area contributed by atoms with E-state index >= 15 is 0 Å². The highest BCUT2D eigenvalue weighted by Gasteiger charge is 2.43. The summed E-state index contributed by atoms with van der Waals surface area (Å²) in [6.45, 7) is 0.0267. The summed E-state index contributed by atoms with van der Waals surface area (Å²) in [4.78, 5) is 69.6. The zero-order chi connectivity index (χ0) is 39.2. The van der Waals surface area contributed by atoms with Gasteiger partial charge in [-0.05, 0) is 53.6 Å². The standard InChI is InChI=1S/C38H34Cl2N6O8S/c39-24-5-1-22(2-6-24)18-42-36(49)32-14-27(47)20-45(32)38(51)31-12-9-26(46(52)53)13-34(31)54-28-15-33(37(50)43-19-23-3-7-25(40)8-4-23)44(21-28)35(48)16-29-10-11-30(17-41)55-29/h1-13,27-28,32-33,47H,14-16,18-21H2,(H,42,49)(H,43,50)/t27-,28-,32+,33+/m1/s1. The smallest absolute Gasteiger partial charge is 0.273 e. The lowest BCUT2D eigenvalue weighted by atomic mass is 10.1. The number of nitro benzene ring substituents is 1. The highest BCUT2D eigenvalue weighted by molar-refractivity contribution is 7.12. The third-order valence-electron chi connectivity index (χ3n) is 9.29. The number of aliphatic hydroxyl groups is 1. The Morgan fingerprint density at radius 2 is 1.47 bits per heavy atom. The number of non-ortho nitro benzene ring substituents is 1. The maximum Gasteiger partial charge on any atom is 0.273 e. The molecule has 0 saturated carbocycles. The first-order chi connectivity index (χ1) is 26.4. The third-order valence-corrected chi connectivity index (χ3v) is 10.8. The van der Waals surface area contributed by atoms with Gasteiger partial charge >= 0.3 is 0 Å². The molecular formula is C38H34Cl2N6O8S. The van der Waals surface area contributed by atoms with Crippen LogP contribution in [0.5, 0.6) is 5.75 Å². The summed E-state index contributed by atoms with van der Waals surface area (Å²) in [5.41, 5.74) is 1.06. The molecule has 0 unspecified atom stereocenters. The lowest BCUT2D eigenvalue weighted by Crippen LogP contribution is -2.46. The van der Waals surface area contributed by atoms with Crippen LogP contribution >= 0.6 is 34.5 Å². The van der Waals surface area contributed by atoms with Gasteiger partial charge in [0.15, 0.2) is 0 Å². The Kier molecular flexibility index (Phi) is 12.3. The van der Waals surface area contributed by atoms with E-state index in [1.165, 1.54) is 15.9 Å². The fourth-order valence-corrected chi connectivity index (χ4v) is 7.58. The zero-order valence-electron chi connectivity index (χ0n) is 29.0. The van der Waals surface area contributed by atoms with Crippen molar-refractivity contribution in [1.29, 1.82) is 5.26 Å². The second-order valence-corrected chi connectivity index (χ2v) is 15.1. The molecule has 1 aromatic heterocycles. The average Bonchev–Trinajstić information content (AvgIpc) is 3.92. The molecule has 4 atom stereocenters. The molecule has 2 aliphatic rings. The quantitative estimate of drug-likeness (QED) is 0.135. The Morgan fingerprint density at radius 1 is 0.873 bits per heavy atom. The van der Waals surface area contributed by atoms with Crippen LogP contribution in [0, 0.1) is 21.4 Å². The predicted molar refractivity (Wildman–Crippen MR) is 202 cm³/mol. The summed E-state index contributed by atoms with van der Waals surface area (Å²) >= 11 is 13.1. The third kappa shape index (κ3) is 9.59. The van der Waals surface area contributed by atoms with Crippen LogP contribution in [0.3, 0.4) is 0 Å². The van der Waals surface area contributed by atoms with Gasteiger partial charge in [-0.15, -0.1) is 11.3 Å². The van der Waals surface area contributed by atoms with Gasteiger partial charge in [0.2, 0.25) is 17.7 Å². The number of hydrogen-bond acceptors (Lipinski definition) is 10. The Hall–Kier alpha value is -5.53. The number of ether oxygens (including phenoxy) is 1. The van der Waals surface area contributed by atoms with Crippen LogP contribution in [0.15, 0.2) is 78.9 Å². The van der Waals surface area contributed by atoms with Crippen LogP contribution in [0.4, 0.5) is 5.69 Å². The number of likely N-dealkylation sites (tertiary alicyclic amines) is 2. The van der Waals surface area contributed by atoms with Crippen molar-refractivity contribution >= 4 is 63.9 Å². The van der Waals surface area contributed by atoms with Crippen LogP contribution < -0.4 is 15.4 Å². The molecule has 0 radical (unpaired) electrons. The highest BCUT2D eigenvalue weighted by Crippen LogP contribution is 2.33. The van der Waals surface area contributed by atoms with Crippen molar-refractivity contribution < 1.29 is 33.9 Å². The van der Waals surface area contributed by atoms with Crippen molar-refractivity contribution in [3.05, 3.63) is 125 Å². The Morgan fingerprint density at radius 3 is 2.04 bits per heavy atom. The van der Waals surface area contributed by atoms with Gasteiger partial charge in [0.25, 0.3) is 11.6 Å². The Labute approximate surface area is 329 Å². The van der Waals surface area contributed by atoms with E-state index in [0.717, 1.165) is 34.6 Å². The monoisotopic (exact) mass is 804 g/mol. The number of halogens is 2. The molecule has 2 fully saturated rings. The van der Waals surface area contributed by atoms with Gasteiger partial charge in [0.1, 0.15) is 34.9 Å². The molecule has 2 aliphatic heterocycles. The largest absolute Gasteiger partial charge is 0.487 e. The summed E-state index contributed by atoms with van der Waals surface area (Å²) in [6, 6.07) is 20.4. The number of β-amino-alcohol motifs (C(OH)–C–C–N with tert-alkyl or cyclic N) is 1. The molecule has 17 heteroatoms. The van der Waals surface area contributed by atoms with E-state index < -0.39 is 52.8 Å². The number of hydrogen-bond donors (Lipinski definition) is 3. The van der Waals surface area contributed by atoms with Crippen molar-refractivity contribution in [2.24, 2.45) is 0 Å². The normalized spacial score (nSPS) is 19.1. The number of amides is 4. The maximum absolute atomic E-state index is 14.1. The number of nitro groups is 1. The Bertz CT molecular complexity index is 2140. The zero-order valence-corrected chi connectivity index (χ0v) is 31.4. The molecule has 0 spiro atoms. The molecule has 3 heterocycles. The van der Waals surface area contributed by atoms with Crippen molar-refractivity contribution in [3.63, 3.8) is 0 Å². The molecule has 4 amide bonds. The molecule has 3 aromatic carbocycles. The SMILES string of the molecule is N#Cc1ccc(CC(=O)N2C[C@H](Oc3cc([N+](=O)[O-])ccc3C(=O)N3C[C@H](O)C[C@H]3C(=O)NCc3ccc(Cl)cc3)C[C@H]2C(=O)NCc2ccc(Cl)cc2)s1. The summed E-state index contributed by atoms with van der Waals surface area (Å²) in [7, 11) is 0. The van der Waals surface area contributed by atoms with Crippen molar-refractivity contribution in [1.82, 2.24) is 20.4 Å². The van der Waals surface area contributed by atoms with Gasteiger partial charge in [-0.2, -0.15) is 5.26 Å². The number of aliphatic hydroxyl groups excluding tert-OH is 1. The van der Waals surface area contributed by atoms with Gasteiger partial charge in [-0.1, -0.05) is 47.5 Å². The number of rotatable bonds is 12. The minimum atomic E-state index is -1.05.